The van der Waals surface area contributed by atoms with Crippen LogP contribution in [0, 0.1) is 0 Å². The fourth-order valence-corrected chi connectivity index (χ4v) is 3.10. The van der Waals surface area contributed by atoms with E-state index in [1.54, 1.807) is 0 Å². The minimum Gasteiger partial charge on any atom is -0.507 e. The van der Waals surface area contributed by atoms with Crippen LogP contribution in [0.15, 0.2) is 36.4 Å². The second kappa shape index (κ2) is 6.32. The Kier molecular flexibility index (Phi) is 4.96. The molecule has 0 spiro atoms. The van der Waals surface area contributed by atoms with E-state index in [1.807, 2.05) is 0 Å². The molecule has 0 atom stereocenters. The van der Waals surface area contributed by atoms with Gasteiger partial charge in [-0.15, -0.1) is 0 Å². The van der Waals surface area contributed by atoms with Crippen molar-refractivity contribution in [1.82, 2.24) is 0 Å². The van der Waals surface area contributed by atoms with E-state index in [-0.39, 0.29) is 10.8 Å². The number of rotatable bonds is 2. The first-order chi connectivity index (χ1) is 10.5. The monoisotopic (exact) mass is 374 g/mol. The molecular weight excluding hydrogens is 348 g/mol. The van der Waals surface area contributed by atoms with Crippen LogP contribution in [0.25, 0.3) is 11.1 Å². The normalized spacial score (nSPS) is 12.5. The van der Waals surface area contributed by atoms with Gasteiger partial charge in [-0.05, 0) is 39.7 Å². The Labute approximate surface area is 148 Å². The smallest absolute Gasteiger partial charge is 0.123 e. The zero-order chi connectivity index (χ0) is 17.4. The van der Waals surface area contributed by atoms with E-state index in [4.69, 9.17) is 0 Å². The van der Waals surface area contributed by atoms with Gasteiger partial charge >= 0.3 is 0 Å². The molecule has 0 saturated heterocycles. The number of aromatic hydroxyl groups is 1. The van der Waals surface area contributed by atoms with Crippen LogP contribution in [0.3, 0.4) is 0 Å². The van der Waals surface area contributed by atoms with Crippen molar-refractivity contribution in [3.05, 3.63) is 53.1 Å². The summed E-state index contributed by atoms with van der Waals surface area (Å²) in [5.41, 5.74) is 5.42. The van der Waals surface area contributed by atoms with Gasteiger partial charge in [-0.1, -0.05) is 81.7 Å². The third-order valence-corrected chi connectivity index (χ3v) is 4.81. The van der Waals surface area contributed by atoms with Crippen LogP contribution < -0.4 is 0 Å². The SMILES string of the molecule is CC(C)(C)c1cc(-c2ccc(CBr)cc2)cc(C(C)(C)C)c1O. The van der Waals surface area contributed by atoms with Crippen molar-refractivity contribution in [1.29, 1.82) is 0 Å². The summed E-state index contributed by atoms with van der Waals surface area (Å²) in [4.78, 5) is 0. The van der Waals surface area contributed by atoms with Gasteiger partial charge in [0.25, 0.3) is 0 Å². The molecular formula is C21H27BrO. The number of hydrogen-bond donors (Lipinski definition) is 1. The van der Waals surface area contributed by atoms with Crippen LogP contribution in [0.5, 0.6) is 5.75 Å². The highest BCUT2D eigenvalue weighted by Gasteiger charge is 2.26. The van der Waals surface area contributed by atoms with Crippen LogP contribution in [0.2, 0.25) is 0 Å². The number of halogens is 1. The Morgan fingerprint density at radius 1 is 0.783 bits per heavy atom. The number of alkyl halides is 1. The molecule has 0 aliphatic heterocycles. The van der Waals surface area contributed by atoms with Gasteiger partial charge in [0.2, 0.25) is 0 Å². The van der Waals surface area contributed by atoms with Gasteiger partial charge in [-0.2, -0.15) is 0 Å². The lowest BCUT2D eigenvalue weighted by Gasteiger charge is -2.28. The average Bonchev–Trinajstić information content (AvgIpc) is 2.45. The molecule has 0 radical (unpaired) electrons. The molecule has 2 rings (SSSR count). The summed E-state index contributed by atoms with van der Waals surface area (Å²) >= 11 is 3.49. The highest BCUT2D eigenvalue weighted by molar-refractivity contribution is 9.08. The fraction of sp³-hybridized carbons (Fsp3) is 0.429. The summed E-state index contributed by atoms with van der Waals surface area (Å²) in [5.74, 6) is 0.436. The first-order valence-electron chi connectivity index (χ1n) is 8.07. The van der Waals surface area contributed by atoms with Gasteiger partial charge in [0, 0.05) is 16.5 Å². The number of phenols is 1. The van der Waals surface area contributed by atoms with Gasteiger partial charge in [-0.3, -0.25) is 0 Å². The topological polar surface area (TPSA) is 20.2 Å². The lowest BCUT2D eigenvalue weighted by atomic mass is 9.78. The molecule has 124 valence electrons. The van der Waals surface area contributed by atoms with E-state index in [0.717, 1.165) is 16.5 Å². The third kappa shape index (κ3) is 3.98. The van der Waals surface area contributed by atoms with Gasteiger partial charge < -0.3 is 5.11 Å². The summed E-state index contributed by atoms with van der Waals surface area (Å²) in [7, 11) is 0. The third-order valence-electron chi connectivity index (χ3n) is 4.17. The molecule has 0 fully saturated rings. The Morgan fingerprint density at radius 2 is 1.22 bits per heavy atom. The van der Waals surface area contributed by atoms with Crippen molar-refractivity contribution >= 4 is 15.9 Å². The largest absolute Gasteiger partial charge is 0.507 e. The molecule has 1 nitrogen and oxygen atoms in total. The standard InChI is InChI=1S/C21H27BrO/c1-20(2,3)17-11-16(12-18(19(17)23)21(4,5)6)15-9-7-14(13-22)8-10-15/h7-12,23H,13H2,1-6H3. The summed E-state index contributed by atoms with van der Waals surface area (Å²) in [6.07, 6.45) is 0. The molecule has 2 aromatic rings. The van der Waals surface area contributed by atoms with E-state index in [2.05, 4.69) is 93.9 Å². The summed E-state index contributed by atoms with van der Waals surface area (Å²) in [5, 5.41) is 11.7. The van der Waals surface area contributed by atoms with Crippen molar-refractivity contribution in [2.75, 3.05) is 0 Å². The van der Waals surface area contributed by atoms with Crippen LogP contribution in [0.4, 0.5) is 0 Å². The highest BCUT2D eigenvalue weighted by atomic mass is 79.9. The molecule has 0 bridgehead atoms. The molecule has 2 aromatic carbocycles. The summed E-state index contributed by atoms with van der Waals surface area (Å²) < 4.78 is 0. The lowest BCUT2D eigenvalue weighted by molar-refractivity contribution is 0.423. The minimum atomic E-state index is -0.101. The van der Waals surface area contributed by atoms with Gasteiger partial charge in [0.15, 0.2) is 0 Å². The molecule has 2 heteroatoms. The van der Waals surface area contributed by atoms with Crippen molar-refractivity contribution in [2.45, 2.75) is 57.7 Å². The number of phenolic OH excluding ortho intramolecular Hbond substituents is 1. The van der Waals surface area contributed by atoms with E-state index in [1.165, 1.54) is 16.7 Å². The van der Waals surface area contributed by atoms with Crippen LogP contribution in [0.1, 0.15) is 58.2 Å². The Balaban J connectivity index is 2.68. The Morgan fingerprint density at radius 3 is 1.57 bits per heavy atom. The predicted octanol–water partition coefficient (Wildman–Crippen LogP) is 6.55. The maximum absolute atomic E-state index is 10.8. The Hall–Kier alpha value is -1.28. The van der Waals surface area contributed by atoms with Crippen LogP contribution in [-0.2, 0) is 16.2 Å². The van der Waals surface area contributed by atoms with Crippen molar-refractivity contribution in [3.8, 4) is 16.9 Å². The molecule has 0 saturated carbocycles. The highest BCUT2D eigenvalue weighted by Crippen LogP contribution is 2.41. The second-order valence-electron chi connectivity index (χ2n) is 8.25. The zero-order valence-corrected chi connectivity index (χ0v) is 16.6. The second-order valence-corrected chi connectivity index (χ2v) is 8.81. The minimum absolute atomic E-state index is 0.101. The summed E-state index contributed by atoms with van der Waals surface area (Å²) in [6, 6.07) is 12.9. The average molecular weight is 375 g/mol. The fourth-order valence-electron chi connectivity index (χ4n) is 2.73. The van der Waals surface area contributed by atoms with E-state index < -0.39 is 0 Å². The molecule has 1 N–H and O–H groups in total. The molecule has 0 aliphatic carbocycles. The molecule has 0 aromatic heterocycles. The molecule has 23 heavy (non-hydrogen) atoms. The number of benzene rings is 2. The zero-order valence-electron chi connectivity index (χ0n) is 15.0. The van der Waals surface area contributed by atoms with Crippen molar-refractivity contribution in [3.63, 3.8) is 0 Å². The lowest BCUT2D eigenvalue weighted by Crippen LogP contribution is -2.17. The van der Waals surface area contributed by atoms with Crippen molar-refractivity contribution in [2.24, 2.45) is 0 Å². The van der Waals surface area contributed by atoms with E-state index in [9.17, 15) is 5.11 Å². The van der Waals surface area contributed by atoms with E-state index >= 15 is 0 Å². The van der Waals surface area contributed by atoms with Gasteiger partial charge in [0.1, 0.15) is 5.75 Å². The number of hydrogen-bond acceptors (Lipinski definition) is 1. The molecule has 0 unspecified atom stereocenters. The van der Waals surface area contributed by atoms with Gasteiger partial charge in [-0.25, -0.2) is 0 Å². The first-order valence-corrected chi connectivity index (χ1v) is 9.19. The quantitative estimate of drug-likeness (QED) is 0.590. The maximum Gasteiger partial charge on any atom is 0.123 e. The maximum atomic E-state index is 10.8. The van der Waals surface area contributed by atoms with Crippen LogP contribution >= 0.6 is 15.9 Å². The summed E-state index contributed by atoms with van der Waals surface area (Å²) in [6.45, 7) is 12.9. The van der Waals surface area contributed by atoms with Gasteiger partial charge in [0.05, 0.1) is 0 Å². The first kappa shape index (κ1) is 18.1. The molecule has 0 aliphatic rings. The van der Waals surface area contributed by atoms with Crippen molar-refractivity contribution < 1.29 is 5.11 Å². The molecule has 0 amide bonds. The Bertz CT molecular complexity index is 650. The van der Waals surface area contributed by atoms with E-state index in [0.29, 0.717) is 5.75 Å². The van der Waals surface area contributed by atoms with Crippen LogP contribution in [-0.4, -0.2) is 5.11 Å². The molecule has 0 heterocycles. The predicted molar refractivity (Wildman–Crippen MR) is 104 cm³/mol.